The number of benzene rings is 1. The van der Waals surface area contributed by atoms with Gasteiger partial charge in [-0.1, -0.05) is 17.7 Å². The molecule has 0 bridgehead atoms. The summed E-state index contributed by atoms with van der Waals surface area (Å²) in [4.78, 5) is 11.7. The quantitative estimate of drug-likeness (QED) is 0.792. The summed E-state index contributed by atoms with van der Waals surface area (Å²) in [6.07, 6.45) is 0. The number of aryl methyl sites for hydroxylation is 2. The van der Waals surface area contributed by atoms with Crippen LogP contribution in [-0.2, 0) is 0 Å². The van der Waals surface area contributed by atoms with Crippen molar-refractivity contribution in [3.63, 3.8) is 0 Å². The van der Waals surface area contributed by atoms with Gasteiger partial charge in [0.1, 0.15) is 0 Å². The monoisotopic (exact) mass is 215 g/mol. The van der Waals surface area contributed by atoms with Crippen LogP contribution in [0.3, 0.4) is 0 Å². The second-order valence-electron chi connectivity index (χ2n) is 3.90. The molecule has 0 atom stereocenters. The Kier molecular flexibility index (Phi) is 2.52. The van der Waals surface area contributed by atoms with Crippen molar-refractivity contribution < 1.29 is 5.11 Å². The van der Waals surface area contributed by atoms with Crippen molar-refractivity contribution in [3.8, 4) is 11.6 Å². The van der Waals surface area contributed by atoms with Crippen LogP contribution in [0.15, 0.2) is 41.2 Å². The zero-order chi connectivity index (χ0) is 11.7. The van der Waals surface area contributed by atoms with Gasteiger partial charge in [-0.25, -0.2) is 4.57 Å². The highest BCUT2D eigenvalue weighted by Crippen LogP contribution is 2.15. The smallest absolute Gasteiger partial charge is 0.258 e. The summed E-state index contributed by atoms with van der Waals surface area (Å²) >= 11 is 0. The first-order chi connectivity index (χ1) is 7.58. The van der Waals surface area contributed by atoms with E-state index in [1.165, 1.54) is 10.6 Å². The average molecular weight is 215 g/mol. The molecule has 1 N–H and O–H groups in total. The Labute approximate surface area is 93.6 Å². The lowest BCUT2D eigenvalue weighted by molar-refractivity contribution is 0.435. The molecule has 2 aromatic rings. The Morgan fingerprint density at radius 1 is 1.00 bits per heavy atom. The molecule has 1 heterocycles. The maximum Gasteiger partial charge on any atom is 0.258 e. The van der Waals surface area contributed by atoms with Gasteiger partial charge in [-0.3, -0.25) is 4.79 Å². The molecule has 0 saturated carbocycles. The van der Waals surface area contributed by atoms with E-state index in [2.05, 4.69) is 0 Å². The van der Waals surface area contributed by atoms with E-state index < -0.39 is 0 Å². The summed E-state index contributed by atoms with van der Waals surface area (Å²) in [6.45, 7) is 3.75. The van der Waals surface area contributed by atoms with Gasteiger partial charge in [-0.2, -0.15) is 0 Å². The number of hydrogen-bond acceptors (Lipinski definition) is 2. The van der Waals surface area contributed by atoms with Crippen molar-refractivity contribution in [1.29, 1.82) is 0 Å². The Morgan fingerprint density at radius 3 is 2.19 bits per heavy atom. The van der Waals surface area contributed by atoms with Crippen molar-refractivity contribution >= 4 is 0 Å². The molecule has 0 amide bonds. The fraction of sp³-hybridized carbons (Fsp3) is 0.154. The molecule has 0 aliphatic rings. The van der Waals surface area contributed by atoms with Crippen LogP contribution >= 0.6 is 0 Å². The fourth-order valence-electron chi connectivity index (χ4n) is 1.64. The van der Waals surface area contributed by atoms with Gasteiger partial charge in [0.05, 0.1) is 5.69 Å². The van der Waals surface area contributed by atoms with Crippen LogP contribution in [0.5, 0.6) is 5.88 Å². The Morgan fingerprint density at radius 2 is 1.62 bits per heavy atom. The minimum Gasteiger partial charge on any atom is -0.494 e. The fourth-order valence-corrected chi connectivity index (χ4v) is 1.64. The topological polar surface area (TPSA) is 42.2 Å². The highest BCUT2D eigenvalue weighted by atomic mass is 16.3. The van der Waals surface area contributed by atoms with E-state index in [9.17, 15) is 9.90 Å². The second-order valence-corrected chi connectivity index (χ2v) is 3.90. The molecular weight excluding hydrogens is 202 g/mol. The third-order valence-corrected chi connectivity index (χ3v) is 2.45. The zero-order valence-corrected chi connectivity index (χ0v) is 9.27. The van der Waals surface area contributed by atoms with Crippen LogP contribution in [0.2, 0.25) is 0 Å². The Bertz CT molecular complexity index is 567. The summed E-state index contributed by atoms with van der Waals surface area (Å²) in [5.41, 5.74) is 2.32. The van der Waals surface area contributed by atoms with E-state index in [1.807, 2.05) is 31.2 Å². The predicted octanol–water partition coefficient (Wildman–Crippen LogP) is 2.16. The number of aromatic nitrogens is 1. The van der Waals surface area contributed by atoms with E-state index in [0.29, 0.717) is 5.69 Å². The van der Waals surface area contributed by atoms with Gasteiger partial charge in [0.2, 0.25) is 0 Å². The average Bonchev–Trinajstić information content (AvgIpc) is 2.19. The van der Waals surface area contributed by atoms with Crippen LogP contribution < -0.4 is 5.56 Å². The molecule has 16 heavy (non-hydrogen) atoms. The molecule has 0 aliphatic heterocycles. The number of pyridine rings is 1. The maximum atomic E-state index is 11.7. The lowest BCUT2D eigenvalue weighted by Gasteiger charge is -2.08. The normalized spacial score (nSPS) is 10.4. The minimum atomic E-state index is -0.221. The van der Waals surface area contributed by atoms with Crippen molar-refractivity contribution in [3.05, 3.63) is 57.9 Å². The highest BCUT2D eigenvalue weighted by molar-refractivity contribution is 5.38. The van der Waals surface area contributed by atoms with Gasteiger partial charge in [-0.15, -0.1) is 0 Å². The van der Waals surface area contributed by atoms with E-state index >= 15 is 0 Å². The predicted molar refractivity (Wildman–Crippen MR) is 63.2 cm³/mol. The summed E-state index contributed by atoms with van der Waals surface area (Å²) in [5.74, 6) is -0.0335. The molecule has 0 unspecified atom stereocenters. The SMILES string of the molecule is Cc1ccc(-n2c(O)cc(C)cc2=O)cc1. The molecule has 0 saturated heterocycles. The number of nitrogens with zero attached hydrogens (tertiary/aromatic N) is 1. The van der Waals surface area contributed by atoms with Crippen LogP contribution in [-0.4, -0.2) is 9.67 Å². The largest absolute Gasteiger partial charge is 0.494 e. The molecule has 0 fully saturated rings. The molecule has 0 spiro atoms. The molecule has 3 nitrogen and oxygen atoms in total. The lowest BCUT2D eigenvalue weighted by atomic mass is 10.2. The van der Waals surface area contributed by atoms with Gasteiger partial charge in [0.15, 0.2) is 5.88 Å². The molecular formula is C13H13NO2. The first-order valence-corrected chi connectivity index (χ1v) is 5.07. The molecule has 1 aromatic heterocycles. The first-order valence-electron chi connectivity index (χ1n) is 5.07. The van der Waals surface area contributed by atoms with Crippen LogP contribution in [0.4, 0.5) is 0 Å². The van der Waals surface area contributed by atoms with E-state index in [0.717, 1.165) is 11.1 Å². The lowest BCUT2D eigenvalue weighted by Crippen LogP contribution is -2.17. The van der Waals surface area contributed by atoms with Gasteiger partial charge in [0.25, 0.3) is 5.56 Å². The van der Waals surface area contributed by atoms with Crippen molar-refractivity contribution in [2.45, 2.75) is 13.8 Å². The molecule has 1 aromatic carbocycles. The second kappa shape index (κ2) is 3.85. The number of aromatic hydroxyl groups is 1. The Hall–Kier alpha value is -2.03. The number of hydrogen-bond donors (Lipinski definition) is 1. The molecule has 82 valence electrons. The van der Waals surface area contributed by atoms with Crippen molar-refractivity contribution in [2.75, 3.05) is 0 Å². The highest BCUT2D eigenvalue weighted by Gasteiger charge is 2.05. The minimum absolute atomic E-state index is 0.0335. The third-order valence-electron chi connectivity index (χ3n) is 2.45. The van der Waals surface area contributed by atoms with Crippen LogP contribution in [0, 0.1) is 13.8 Å². The van der Waals surface area contributed by atoms with E-state index in [4.69, 9.17) is 0 Å². The van der Waals surface area contributed by atoms with Gasteiger partial charge in [0, 0.05) is 12.1 Å². The van der Waals surface area contributed by atoms with Gasteiger partial charge in [-0.05, 0) is 31.5 Å². The third kappa shape index (κ3) is 1.84. The summed E-state index contributed by atoms with van der Waals surface area (Å²) in [7, 11) is 0. The van der Waals surface area contributed by atoms with E-state index in [-0.39, 0.29) is 11.4 Å². The first kappa shape index (κ1) is 10.5. The maximum absolute atomic E-state index is 11.7. The summed E-state index contributed by atoms with van der Waals surface area (Å²) in [5, 5.41) is 9.76. The van der Waals surface area contributed by atoms with Gasteiger partial charge >= 0.3 is 0 Å². The summed E-state index contributed by atoms with van der Waals surface area (Å²) < 4.78 is 1.28. The van der Waals surface area contributed by atoms with Crippen LogP contribution in [0.1, 0.15) is 11.1 Å². The summed E-state index contributed by atoms with van der Waals surface area (Å²) in [6, 6.07) is 10.5. The van der Waals surface area contributed by atoms with E-state index in [1.54, 1.807) is 13.0 Å². The molecule has 0 aliphatic carbocycles. The zero-order valence-electron chi connectivity index (χ0n) is 9.27. The molecule has 0 radical (unpaired) electrons. The van der Waals surface area contributed by atoms with Gasteiger partial charge < -0.3 is 5.11 Å². The Balaban J connectivity index is 2.65. The molecule has 2 rings (SSSR count). The van der Waals surface area contributed by atoms with Crippen LogP contribution in [0.25, 0.3) is 5.69 Å². The molecule has 3 heteroatoms. The van der Waals surface area contributed by atoms with Crippen molar-refractivity contribution in [2.24, 2.45) is 0 Å². The standard InChI is InChI=1S/C13H13NO2/c1-9-3-5-11(6-4-9)14-12(15)7-10(2)8-13(14)16/h3-8,15H,1-2H3. The number of rotatable bonds is 1. The van der Waals surface area contributed by atoms with Crippen molar-refractivity contribution in [1.82, 2.24) is 4.57 Å².